The molecule has 2 N–H and O–H groups in total. The van der Waals surface area contributed by atoms with Crippen molar-refractivity contribution in [1.29, 1.82) is 0 Å². The van der Waals surface area contributed by atoms with Crippen LogP contribution in [0.3, 0.4) is 0 Å². The number of rotatable bonds is 1. The van der Waals surface area contributed by atoms with Crippen molar-refractivity contribution in [2.45, 2.75) is 13.0 Å². The Labute approximate surface area is 77.7 Å². The first-order valence-corrected chi connectivity index (χ1v) is 4.21. The third kappa shape index (κ3) is 1.81. The smallest absolute Gasteiger partial charge is 0.159 e. The van der Waals surface area contributed by atoms with E-state index in [9.17, 15) is 8.78 Å². The molecule has 0 spiro atoms. The number of hydrogen-bond acceptors (Lipinski definition) is 1. The summed E-state index contributed by atoms with van der Waals surface area (Å²) in [5.74, 6) is -1.74. The van der Waals surface area contributed by atoms with Gasteiger partial charge in [0.05, 0.1) is 0 Å². The lowest BCUT2D eigenvalue weighted by Crippen LogP contribution is -2.06. The molecule has 1 nitrogen and oxygen atoms in total. The van der Waals surface area contributed by atoms with Crippen LogP contribution in [0.1, 0.15) is 18.5 Å². The number of halogens is 3. The highest BCUT2D eigenvalue weighted by atomic mass is 79.9. The fraction of sp³-hybridized carbons (Fsp3) is 0.250. The molecule has 0 aromatic heterocycles. The highest BCUT2D eigenvalue weighted by Crippen LogP contribution is 2.24. The van der Waals surface area contributed by atoms with Gasteiger partial charge in [-0.05, 0) is 24.6 Å². The fourth-order valence-electron chi connectivity index (χ4n) is 0.887. The lowest BCUT2D eigenvalue weighted by Gasteiger charge is -2.08. The van der Waals surface area contributed by atoms with Crippen LogP contribution in [-0.4, -0.2) is 0 Å². The van der Waals surface area contributed by atoms with E-state index in [0.29, 0.717) is 10.0 Å². The summed E-state index contributed by atoms with van der Waals surface area (Å²) in [6.45, 7) is 1.71. The molecule has 4 heteroatoms. The van der Waals surface area contributed by atoms with Crippen molar-refractivity contribution in [3.8, 4) is 0 Å². The topological polar surface area (TPSA) is 26.0 Å². The molecular formula is C8H8BrF2N. The molecule has 0 fully saturated rings. The Morgan fingerprint density at radius 2 is 1.83 bits per heavy atom. The van der Waals surface area contributed by atoms with E-state index in [0.717, 1.165) is 12.1 Å². The Morgan fingerprint density at radius 1 is 1.33 bits per heavy atom. The maximum atomic E-state index is 12.7. The highest BCUT2D eigenvalue weighted by molar-refractivity contribution is 9.10. The molecule has 0 amide bonds. The van der Waals surface area contributed by atoms with Crippen molar-refractivity contribution in [2.75, 3.05) is 0 Å². The van der Waals surface area contributed by atoms with Gasteiger partial charge in [-0.1, -0.05) is 15.9 Å². The number of hydrogen-bond donors (Lipinski definition) is 1. The second kappa shape index (κ2) is 3.49. The van der Waals surface area contributed by atoms with Crippen LogP contribution in [0.4, 0.5) is 8.78 Å². The van der Waals surface area contributed by atoms with Crippen molar-refractivity contribution >= 4 is 15.9 Å². The van der Waals surface area contributed by atoms with Crippen LogP contribution in [0, 0.1) is 11.6 Å². The first-order valence-electron chi connectivity index (χ1n) is 3.42. The van der Waals surface area contributed by atoms with Crippen molar-refractivity contribution < 1.29 is 8.78 Å². The largest absolute Gasteiger partial charge is 0.324 e. The molecule has 0 aliphatic carbocycles. The van der Waals surface area contributed by atoms with Gasteiger partial charge in [-0.3, -0.25) is 0 Å². The minimum absolute atomic E-state index is 0.311. The molecule has 0 saturated heterocycles. The Morgan fingerprint density at radius 3 is 2.33 bits per heavy atom. The fourth-order valence-corrected chi connectivity index (χ4v) is 1.56. The SMILES string of the molecule is C[C@@H](N)c1cc(F)c(F)cc1Br. The molecule has 1 rings (SSSR count). The zero-order valence-electron chi connectivity index (χ0n) is 6.44. The van der Waals surface area contributed by atoms with Crippen LogP contribution in [0.15, 0.2) is 16.6 Å². The molecule has 1 atom stereocenters. The van der Waals surface area contributed by atoms with E-state index in [1.54, 1.807) is 6.92 Å². The molecule has 1 aromatic rings. The van der Waals surface area contributed by atoms with E-state index in [1.165, 1.54) is 0 Å². The highest BCUT2D eigenvalue weighted by Gasteiger charge is 2.10. The summed E-state index contributed by atoms with van der Waals surface area (Å²) in [6.07, 6.45) is 0. The summed E-state index contributed by atoms with van der Waals surface area (Å²) in [5, 5.41) is 0. The van der Waals surface area contributed by atoms with Gasteiger partial charge < -0.3 is 5.73 Å². The molecule has 0 bridgehead atoms. The van der Waals surface area contributed by atoms with Crippen LogP contribution in [0.25, 0.3) is 0 Å². The maximum absolute atomic E-state index is 12.7. The lowest BCUT2D eigenvalue weighted by atomic mass is 10.1. The molecule has 12 heavy (non-hydrogen) atoms. The van der Waals surface area contributed by atoms with Gasteiger partial charge in [0.25, 0.3) is 0 Å². The van der Waals surface area contributed by atoms with Gasteiger partial charge in [0, 0.05) is 10.5 Å². The first-order chi connectivity index (χ1) is 5.52. The molecule has 66 valence electrons. The average Bonchev–Trinajstić information content (AvgIpc) is 1.96. The van der Waals surface area contributed by atoms with Gasteiger partial charge in [0.2, 0.25) is 0 Å². The summed E-state index contributed by atoms with van der Waals surface area (Å²) in [4.78, 5) is 0. The van der Waals surface area contributed by atoms with Gasteiger partial charge >= 0.3 is 0 Å². The quantitative estimate of drug-likeness (QED) is 0.745. The third-order valence-electron chi connectivity index (χ3n) is 1.53. The van der Waals surface area contributed by atoms with Crippen molar-refractivity contribution in [1.82, 2.24) is 0 Å². The zero-order chi connectivity index (χ0) is 9.30. The minimum atomic E-state index is -0.870. The molecule has 0 unspecified atom stereocenters. The van der Waals surface area contributed by atoms with E-state index in [1.807, 2.05) is 0 Å². The summed E-state index contributed by atoms with van der Waals surface area (Å²) in [7, 11) is 0. The second-order valence-corrected chi connectivity index (χ2v) is 3.43. The third-order valence-corrected chi connectivity index (χ3v) is 2.22. The Kier molecular flexibility index (Phi) is 2.80. The Bertz CT molecular complexity index is 299. The van der Waals surface area contributed by atoms with Crippen molar-refractivity contribution in [3.05, 3.63) is 33.8 Å². The standard InChI is InChI=1S/C8H8BrF2N/c1-4(12)5-2-7(10)8(11)3-6(5)9/h2-4H,12H2,1H3/t4-/m1/s1. The normalized spacial score (nSPS) is 13.1. The van der Waals surface area contributed by atoms with E-state index >= 15 is 0 Å². The van der Waals surface area contributed by atoms with Crippen molar-refractivity contribution in [3.63, 3.8) is 0 Å². The van der Waals surface area contributed by atoms with Gasteiger partial charge in [-0.2, -0.15) is 0 Å². The van der Waals surface area contributed by atoms with E-state index in [-0.39, 0.29) is 6.04 Å². The minimum Gasteiger partial charge on any atom is -0.324 e. The number of nitrogens with two attached hydrogens (primary N) is 1. The predicted octanol–water partition coefficient (Wildman–Crippen LogP) is 2.75. The number of benzene rings is 1. The monoisotopic (exact) mass is 235 g/mol. The van der Waals surface area contributed by atoms with Gasteiger partial charge in [-0.15, -0.1) is 0 Å². The van der Waals surface area contributed by atoms with E-state index in [4.69, 9.17) is 5.73 Å². The predicted molar refractivity (Wildman–Crippen MR) is 46.7 cm³/mol. The van der Waals surface area contributed by atoms with Gasteiger partial charge in [0.1, 0.15) is 0 Å². The van der Waals surface area contributed by atoms with Crippen LogP contribution in [-0.2, 0) is 0 Å². The average molecular weight is 236 g/mol. The van der Waals surface area contributed by atoms with E-state index < -0.39 is 11.6 Å². The summed E-state index contributed by atoms with van der Waals surface area (Å²) >= 11 is 3.10. The van der Waals surface area contributed by atoms with Crippen LogP contribution in [0.5, 0.6) is 0 Å². The molecule has 1 aromatic carbocycles. The molecule has 0 saturated carbocycles. The Hall–Kier alpha value is -0.480. The molecular weight excluding hydrogens is 228 g/mol. The summed E-state index contributed by atoms with van der Waals surface area (Å²) in [6, 6.07) is 1.87. The van der Waals surface area contributed by atoms with Gasteiger partial charge in [0.15, 0.2) is 11.6 Å². The first kappa shape index (κ1) is 9.61. The molecule has 0 heterocycles. The zero-order valence-corrected chi connectivity index (χ0v) is 8.03. The van der Waals surface area contributed by atoms with E-state index in [2.05, 4.69) is 15.9 Å². The lowest BCUT2D eigenvalue weighted by molar-refractivity contribution is 0.505. The van der Waals surface area contributed by atoms with Crippen LogP contribution < -0.4 is 5.73 Å². The van der Waals surface area contributed by atoms with Crippen molar-refractivity contribution in [2.24, 2.45) is 5.73 Å². The van der Waals surface area contributed by atoms with Crippen LogP contribution >= 0.6 is 15.9 Å². The summed E-state index contributed by atoms with van der Waals surface area (Å²) < 4.78 is 25.7. The van der Waals surface area contributed by atoms with Gasteiger partial charge in [-0.25, -0.2) is 8.78 Å². The molecule has 0 aliphatic heterocycles. The molecule has 0 aliphatic rings. The second-order valence-electron chi connectivity index (χ2n) is 2.58. The maximum Gasteiger partial charge on any atom is 0.159 e. The Balaban J connectivity index is 3.23. The summed E-state index contributed by atoms with van der Waals surface area (Å²) in [5.41, 5.74) is 6.08. The van der Waals surface area contributed by atoms with Crippen LogP contribution in [0.2, 0.25) is 0 Å². The molecule has 0 radical (unpaired) electrons.